The lowest BCUT2D eigenvalue weighted by Crippen LogP contribution is -2.32. The number of carbonyl (C=O) groups is 1. The van der Waals surface area contributed by atoms with Gasteiger partial charge in [-0.05, 0) is 37.8 Å². The predicted octanol–water partition coefficient (Wildman–Crippen LogP) is 1.49. The van der Waals surface area contributed by atoms with Crippen LogP contribution in [0, 0.1) is 11.8 Å². The van der Waals surface area contributed by atoms with Crippen molar-refractivity contribution in [2.45, 2.75) is 32.7 Å². The molecular weight excluding hydrogens is 268 g/mol. The van der Waals surface area contributed by atoms with Gasteiger partial charge in [-0.3, -0.25) is 9.48 Å². The van der Waals surface area contributed by atoms with E-state index in [1.54, 1.807) is 11.8 Å². The average molecular weight is 294 g/mol. The lowest BCUT2D eigenvalue weighted by molar-refractivity contribution is -0.117. The molecule has 2 heterocycles. The molecule has 1 aliphatic heterocycles. The molecule has 2 N–H and O–H groups in total. The lowest BCUT2D eigenvalue weighted by atomic mass is 9.84. The number of carbonyl (C=O) groups excluding carboxylic acids is 1. The number of piperidine rings is 1. The summed E-state index contributed by atoms with van der Waals surface area (Å²) in [5.41, 5.74) is 0. The number of methoxy groups -OCH3 is 1. The van der Waals surface area contributed by atoms with Crippen molar-refractivity contribution in [1.82, 2.24) is 15.1 Å². The molecule has 21 heavy (non-hydrogen) atoms. The van der Waals surface area contributed by atoms with Crippen molar-refractivity contribution >= 4 is 11.7 Å². The molecule has 6 nitrogen and oxygen atoms in total. The van der Waals surface area contributed by atoms with Gasteiger partial charge in [-0.1, -0.05) is 6.92 Å². The normalized spacial score (nSPS) is 17.6. The zero-order valence-electron chi connectivity index (χ0n) is 13.0. The number of rotatable bonds is 7. The molecule has 0 radical (unpaired) electrons. The lowest BCUT2D eigenvalue weighted by Gasteiger charge is -2.27. The van der Waals surface area contributed by atoms with E-state index in [-0.39, 0.29) is 5.91 Å². The van der Waals surface area contributed by atoms with E-state index >= 15 is 0 Å². The minimum Gasteiger partial charge on any atom is -0.383 e. The zero-order chi connectivity index (χ0) is 15.1. The molecule has 1 aliphatic rings. The molecule has 1 amide bonds. The number of ether oxygens (including phenoxy) is 1. The molecule has 0 aliphatic carbocycles. The van der Waals surface area contributed by atoms with Crippen LogP contribution in [0.4, 0.5) is 5.82 Å². The van der Waals surface area contributed by atoms with Gasteiger partial charge in [0.2, 0.25) is 5.91 Å². The van der Waals surface area contributed by atoms with Crippen LogP contribution >= 0.6 is 0 Å². The first-order valence-electron chi connectivity index (χ1n) is 7.72. The largest absolute Gasteiger partial charge is 0.383 e. The summed E-state index contributed by atoms with van der Waals surface area (Å²) in [4.78, 5) is 12.1. The Kier molecular flexibility index (Phi) is 6.20. The molecule has 0 bridgehead atoms. The summed E-state index contributed by atoms with van der Waals surface area (Å²) in [6.45, 7) is 5.62. The summed E-state index contributed by atoms with van der Waals surface area (Å²) in [6, 6.07) is 1.82. The topological polar surface area (TPSA) is 68.2 Å². The van der Waals surface area contributed by atoms with Crippen molar-refractivity contribution in [1.29, 1.82) is 0 Å². The fraction of sp³-hybridized carbons (Fsp3) is 0.733. The maximum atomic E-state index is 12.1. The van der Waals surface area contributed by atoms with Crippen molar-refractivity contribution < 1.29 is 9.53 Å². The minimum atomic E-state index is 0.0537. The fourth-order valence-electron chi connectivity index (χ4n) is 2.80. The minimum absolute atomic E-state index is 0.0537. The molecule has 1 fully saturated rings. The Labute approximate surface area is 126 Å². The van der Waals surface area contributed by atoms with Gasteiger partial charge in [-0.2, -0.15) is 5.10 Å². The van der Waals surface area contributed by atoms with Gasteiger partial charge in [0.1, 0.15) is 0 Å². The Morgan fingerprint density at radius 2 is 2.33 bits per heavy atom. The van der Waals surface area contributed by atoms with Crippen LogP contribution in [0.1, 0.15) is 26.2 Å². The van der Waals surface area contributed by atoms with E-state index in [0.29, 0.717) is 37.2 Å². The molecule has 6 heteroatoms. The molecule has 1 atom stereocenters. The number of hydrogen-bond donors (Lipinski definition) is 2. The first-order chi connectivity index (χ1) is 10.2. The highest BCUT2D eigenvalue weighted by atomic mass is 16.5. The number of nitrogens with one attached hydrogen (secondary N) is 2. The first kappa shape index (κ1) is 16.0. The molecule has 2 rings (SSSR count). The fourth-order valence-corrected chi connectivity index (χ4v) is 2.80. The second-order valence-corrected chi connectivity index (χ2v) is 5.77. The Morgan fingerprint density at radius 1 is 1.57 bits per heavy atom. The number of aromatic nitrogens is 2. The number of nitrogens with zero attached hydrogens (tertiary/aromatic N) is 2. The maximum absolute atomic E-state index is 12.1. The number of hydrogen-bond acceptors (Lipinski definition) is 4. The van der Waals surface area contributed by atoms with Crippen molar-refractivity contribution in [2.75, 3.05) is 32.1 Å². The summed E-state index contributed by atoms with van der Waals surface area (Å²) < 4.78 is 6.78. The van der Waals surface area contributed by atoms with Crippen molar-refractivity contribution in [3.05, 3.63) is 12.3 Å². The third kappa shape index (κ3) is 5.13. The SMILES string of the molecule is COCCn1ccc(NC(=O)CC(C)C2CCNCC2)n1. The summed E-state index contributed by atoms with van der Waals surface area (Å²) in [6.07, 6.45) is 4.75. The number of amides is 1. The van der Waals surface area contributed by atoms with Gasteiger partial charge in [0, 0.05) is 25.8 Å². The average Bonchev–Trinajstić information content (AvgIpc) is 2.93. The molecule has 1 unspecified atom stereocenters. The van der Waals surface area contributed by atoms with E-state index in [1.165, 1.54) is 12.8 Å². The van der Waals surface area contributed by atoms with Crippen molar-refractivity contribution in [3.63, 3.8) is 0 Å². The third-order valence-corrected chi connectivity index (χ3v) is 4.13. The Balaban J connectivity index is 1.76. The maximum Gasteiger partial charge on any atom is 0.225 e. The van der Waals surface area contributed by atoms with E-state index in [4.69, 9.17) is 4.74 Å². The van der Waals surface area contributed by atoms with Gasteiger partial charge in [-0.25, -0.2) is 0 Å². The quantitative estimate of drug-likeness (QED) is 0.799. The molecule has 0 spiro atoms. The van der Waals surface area contributed by atoms with E-state index in [0.717, 1.165) is 13.1 Å². The van der Waals surface area contributed by atoms with Gasteiger partial charge >= 0.3 is 0 Å². The summed E-state index contributed by atoms with van der Waals surface area (Å²) in [7, 11) is 1.66. The zero-order valence-corrected chi connectivity index (χ0v) is 13.0. The van der Waals surface area contributed by atoms with E-state index in [2.05, 4.69) is 22.7 Å². The molecule has 1 aromatic rings. The van der Waals surface area contributed by atoms with Crippen LogP contribution in [0.15, 0.2) is 12.3 Å². The van der Waals surface area contributed by atoms with Gasteiger partial charge < -0.3 is 15.4 Å². The Hall–Kier alpha value is -1.40. The van der Waals surface area contributed by atoms with Gasteiger partial charge in [0.05, 0.1) is 13.2 Å². The van der Waals surface area contributed by atoms with Crippen LogP contribution in [0.25, 0.3) is 0 Å². The molecule has 1 aromatic heterocycles. The number of anilines is 1. The molecule has 118 valence electrons. The first-order valence-corrected chi connectivity index (χ1v) is 7.72. The molecule has 1 saturated heterocycles. The van der Waals surface area contributed by atoms with Gasteiger partial charge in [0.25, 0.3) is 0 Å². The highest BCUT2D eigenvalue weighted by molar-refractivity contribution is 5.89. The Bertz CT molecular complexity index is 441. The van der Waals surface area contributed by atoms with Crippen LogP contribution < -0.4 is 10.6 Å². The monoisotopic (exact) mass is 294 g/mol. The van der Waals surface area contributed by atoms with Crippen molar-refractivity contribution in [3.8, 4) is 0 Å². The van der Waals surface area contributed by atoms with Gasteiger partial charge in [-0.15, -0.1) is 0 Å². The standard InChI is InChI=1S/C15H26N4O2/c1-12(13-3-6-16-7-4-13)11-15(20)17-14-5-8-19(18-14)9-10-21-2/h5,8,12-13,16H,3-4,6-7,9-11H2,1-2H3,(H,17,18,20). The molecule has 0 aromatic carbocycles. The third-order valence-electron chi connectivity index (χ3n) is 4.13. The molecule has 0 saturated carbocycles. The van der Waals surface area contributed by atoms with Crippen LogP contribution in [0.3, 0.4) is 0 Å². The van der Waals surface area contributed by atoms with E-state index < -0.39 is 0 Å². The van der Waals surface area contributed by atoms with Gasteiger partial charge in [0.15, 0.2) is 5.82 Å². The second-order valence-electron chi connectivity index (χ2n) is 5.77. The van der Waals surface area contributed by atoms with Crippen molar-refractivity contribution in [2.24, 2.45) is 11.8 Å². The summed E-state index contributed by atoms with van der Waals surface area (Å²) >= 11 is 0. The van der Waals surface area contributed by atoms with Crippen LogP contribution in [-0.2, 0) is 16.1 Å². The summed E-state index contributed by atoms with van der Waals surface area (Å²) in [5, 5.41) is 10.5. The highest BCUT2D eigenvalue weighted by Gasteiger charge is 2.22. The van der Waals surface area contributed by atoms with Crippen LogP contribution in [0.2, 0.25) is 0 Å². The Morgan fingerprint density at radius 3 is 3.05 bits per heavy atom. The highest BCUT2D eigenvalue weighted by Crippen LogP contribution is 2.24. The predicted molar refractivity (Wildman–Crippen MR) is 82.1 cm³/mol. The van der Waals surface area contributed by atoms with Crippen LogP contribution in [0.5, 0.6) is 0 Å². The smallest absolute Gasteiger partial charge is 0.225 e. The summed E-state index contributed by atoms with van der Waals surface area (Å²) in [5.74, 6) is 1.74. The molecular formula is C15H26N4O2. The second kappa shape index (κ2) is 8.14. The van der Waals surface area contributed by atoms with E-state index in [1.807, 2.05) is 12.3 Å². The van der Waals surface area contributed by atoms with Crippen LogP contribution in [-0.4, -0.2) is 42.5 Å². The van der Waals surface area contributed by atoms with E-state index in [9.17, 15) is 4.79 Å².